The molecule has 1 rings (SSSR count). The Balaban J connectivity index is 2.05. The van der Waals surface area contributed by atoms with Crippen LogP contribution in [0, 0.1) is 0 Å². The van der Waals surface area contributed by atoms with E-state index in [4.69, 9.17) is 9.47 Å². The summed E-state index contributed by atoms with van der Waals surface area (Å²) in [6.45, 7) is 7.14. The highest BCUT2D eigenvalue weighted by Crippen LogP contribution is 2.28. The molecule has 1 aliphatic rings. The molecule has 1 heterocycles. The minimum atomic E-state index is -0.286. The lowest BCUT2D eigenvalue weighted by Crippen LogP contribution is -2.25. The van der Waals surface area contributed by atoms with E-state index in [0.717, 1.165) is 13.0 Å². The number of ether oxygens (including phenoxy) is 2. The molecule has 0 amide bonds. The summed E-state index contributed by atoms with van der Waals surface area (Å²) in [6, 6.07) is 0. The average Bonchev–Trinajstić information content (AvgIpc) is 2.47. The second kappa shape index (κ2) is 5.72. The van der Waals surface area contributed by atoms with Gasteiger partial charge in [-0.15, -0.1) is 0 Å². The van der Waals surface area contributed by atoms with Gasteiger partial charge >= 0.3 is 0 Å². The monoisotopic (exact) mass is 200 g/mol. The van der Waals surface area contributed by atoms with Crippen molar-refractivity contribution in [1.82, 2.24) is 0 Å². The normalized spacial score (nSPS) is 32.4. The van der Waals surface area contributed by atoms with Crippen LogP contribution in [0.4, 0.5) is 0 Å². The highest BCUT2D eigenvalue weighted by molar-refractivity contribution is 4.72. The molecular weight excluding hydrogens is 176 g/mol. The lowest BCUT2D eigenvalue weighted by atomic mass is 10.1. The van der Waals surface area contributed by atoms with Gasteiger partial charge in [-0.3, -0.25) is 0 Å². The zero-order valence-electron chi connectivity index (χ0n) is 9.84. The van der Waals surface area contributed by atoms with Crippen LogP contribution in [0.25, 0.3) is 0 Å². The Bertz CT molecular complexity index is 158. The smallest absolute Gasteiger partial charge is 0.166 e. The van der Waals surface area contributed by atoms with E-state index in [-0.39, 0.29) is 11.9 Å². The van der Waals surface area contributed by atoms with Crippen LogP contribution in [0.1, 0.15) is 59.3 Å². The largest absolute Gasteiger partial charge is 0.348 e. The highest BCUT2D eigenvalue weighted by Gasteiger charge is 2.34. The molecule has 0 saturated carbocycles. The van der Waals surface area contributed by atoms with Crippen LogP contribution in [0.2, 0.25) is 0 Å². The standard InChI is InChI=1S/C12H24O2/c1-4-5-6-7-8-9-12(3)13-10-11(2)14-12/h11H,4-10H2,1-3H3. The van der Waals surface area contributed by atoms with E-state index in [9.17, 15) is 0 Å². The molecule has 2 nitrogen and oxygen atoms in total. The SMILES string of the molecule is CCCCCCCC1(C)OCC(C)O1. The van der Waals surface area contributed by atoms with Crippen LogP contribution in [-0.2, 0) is 9.47 Å². The Kier molecular flexibility index (Phi) is 4.90. The number of unbranched alkanes of at least 4 members (excludes halogenated alkanes) is 4. The highest BCUT2D eigenvalue weighted by atomic mass is 16.7. The molecule has 0 N–H and O–H groups in total. The zero-order chi connectivity index (χ0) is 10.4. The molecule has 0 bridgehead atoms. The molecule has 1 aliphatic heterocycles. The predicted molar refractivity (Wildman–Crippen MR) is 58.3 cm³/mol. The summed E-state index contributed by atoms with van der Waals surface area (Å²) in [6.07, 6.45) is 7.86. The topological polar surface area (TPSA) is 18.5 Å². The molecule has 2 atom stereocenters. The maximum Gasteiger partial charge on any atom is 0.166 e. The van der Waals surface area contributed by atoms with Crippen molar-refractivity contribution < 1.29 is 9.47 Å². The molecule has 0 spiro atoms. The van der Waals surface area contributed by atoms with Gasteiger partial charge in [0.2, 0.25) is 0 Å². The van der Waals surface area contributed by atoms with Crippen molar-refractivity contribution >= 4 is 0 Å². The van der Waals surface area contributed by atoms with Crippen molar-refractivity contribution in [2.45, 2.75) is 71.2 Å². The fraction of sp³-hybridized carbons (Fsp3) is 1.00. The molecule has 14 heavy (non-hydrogen) atoms. The Morgan fingerprint density at radius 3 is 2.50 bits per heavy atom. The number of hydrogen-bond donors (Lipinski definition) is 0. The number of rotatable bonds is 6. The maximum absolute atomic E-state index is 5.73. The van der Waals surface area contributed by atoms with E-state index < -0.39 is 0 Å². The van der Waals surface area contributed by atoms with Gasteiger partial charge in [0.05, 0.1) is 12.7 Å². The van der Waals surface area contributed by atoms with E-state index in [1.807, 2.05) is 0 Å². The van der Waals surface area contributed by atoms with Gasteiger partial charge in [0.25, 0.3) is 0 Å². The van der Waals surface area contributed by atoms with E-state index in [2.05, 4.69) is 20.8 Å². The first-order valence-electron chi connectivity index (χ1n) is 5.98. The second-order valence-electron chi connectivity index (χ2n) is 4.54. The van der Waals surface area contributed by atoms with Gasteiger partial charge in [-0.05, 0) is 20.3 Å². The minimum Gasteiger partial charge on any atom is -0.348 e. The van der Waals surface area contributed by atoms with Crippen molar-refractivity contribution in [3.8, 4) is 0 Å². The Hall–Kier alpha value is -0.0800. The Morgan fingerprint density at radius 2 is 1.93 bits per heavy atom. The van der Waals surface area contributed by atoms with Gasteiger partial charge in [0.1, 0.15) is 0 Å². The first-order valence-corrected chi connectivity index (χ1v) is 5.98. The van der Waals surface area contributed by atoms with Crippen molar-refractivity contribution in [3.05, 3.63) is 0 Å². The lowest BCUT2D eigenvalue weighted by Gasteiger charge is -2.22. The molecule has 84 valence electrons. The summed E-state index contributed by atoms with van der Waals surface area (Å²) in [7, 11) is 0. The van der Waals surface area contributed by atoms with Crippen molar-refractivity contribution in [1.29, 1.82) is 0 Å². The van der Waals surface area contributed by atoms with Gasteiger partial charge in [-0.25, -0.2) is 0 Å². The quantitative estimate of drug-likeness (QED) is 0.611. The van der Waals surface area contributed by atoms with Crippen molar-refractivity contribution in [3.63, 3.8) is 0 Å². The summed E-state index contributed by atoms with van der Waals surface area (Å²) >= 11 is 0. The Labute approximate surface area is 88.0 Å². The summed E-state index contributed by atoms with van der Waals surface area (Å²) in [4.78, 5) is 0. The fourth-order valence-corrected chi connectivity index (χ4v) is 1.97. The van der Waals surface area contributed by atoms with Crippen LogP contribution in [-0.4, -0.2) is 18.5 Å². The van der Waals surface area contributed by atoms with Crippen LogP contribution in [0.5, 0.6) is 0 Å². The molecule has 0 aromatic rings. The lowest BCUT2D eigenvalue weighted by molar-refractivity contribution is -0.157. The Morgan fingerprint density at radius 1 is 1.21 bits per heavy atom. The molecular formula is C12H24O2. The average molecular weight is 200 g/mol. The van der Waals surface area contributed by atoms with Gasteiger partial charge in [-0.1, -0.05) is 32.6 Å². The predicted octanol–water partition coefficient (Wildman–Crippen LogP) is 3.50. The van der Waals surface area contributed by atoms with E-state index in [1.54, 1.807) is 0 Å². The van der Waals surface area contributed by atoms with Crippen LogP contribution < -0.4 is 0 Å². The molecule has 0 radical (unpaired) electrons. The number of hydrogen-bond acceptors (Lipinski definition) is 2. The third-order valence-electron chi connectivity index (χ3n) is 2.81. The second-order valence-corrected chi connectivity index (χ2v) is 4.54. The molecule has 2 unspecified atom stereocenters. The molecule has 0 aliphatic carbocycles. The van der Waals surface area contributed by atoms with Gasteiger partial charge in [-0.2, -0.15) is 0 Å². The fourth-order valence-electron chi connectivity index (χ4n) is 1.97. The van der Waals surface area contributed by atoms with Gasteiger partial charge in [0, 0.05) is 6.42 Å². The summed E-state index contributed by atoms with van der Waals surface area (Å²) in [5.41, 5.74) is 0. The van der Waals surface area contributed by atoms with Gasteiger partial charge < -0.3 is 9.47 Å². The first-order chi connectivity index (χ1) is 6.66. The van der Waals surface area contributed by atoms with E-state index in [1.165, 1.54) is 32.1 Å². The van der Waals surface area contributed by atoms with E-state index in [0.29, 0.717) is 0 Å². The zero-order valence-corrected chi connectivity index (χ0v) is 9.84. The third-order valence-corrected chi connectivity index (χ3v) is 2.81. The summed E-state index contributed by atoms with van der Waals surface area (Å²) < 4.78 is 11.4. The first kappa shape index (κ1) is 12.0. The van der Waals surface area contributed by atoms with Crippen molar-refractivity contribution in [2.75, 3.05) is 6.61 Å². The summed E-state index contributed by atoms with van der Waals surface area (Å²) in [5.74, 6) is -0.286. The minimum absolute atomic E-state index is 0.274. The van der Waals surface area contributed by atoms with Crippen molar-refractivity contribution in [2.24, 2.45) is 0 Å². The van der Waals surface area contributed by atoms with E-state index >= 15 is 0 Å². The molecule has 0 aromatic heterocycles. The van der Waals surface area contributed by atoms with Crippen LogP contribution >= 0.6 is 0 Å². The molecule has 1 fully saturated rings. The van der Waals surface area contributed by atoms with Crippen LogP contribution in [0.3, 0.4) is 0 Å². The molecule has 0 aromatic carbocycles. The maximum atomic E-state index is 5.73. The molecule has 1 saturated heterocycles. The summed E-state index contributed by atoms with van der Waals surface area (Å²) in [5, 5.41) is 0. The van der Waals surface area contributed by atoms with Crippen LogP contribution in [0.15, 0.2) is 0 Å². The third kappa shape index (κ3) is 3.97. The molecule has 2 heteroatoms. The van der Waals surface area contributed by atoms with Gasteiger partial charge in [0.15, 0.2) is 5.79 Å².